The first kappa shape index (κ1) is 18.8. The molecular weight excluding hydrogens is 372 g/mol. The fraction of sp³-hybridized carbons (Fsp3) is 0.286. The molecule has 2 aromatic carbocycles. The van der Waals surface area contributed by atoms with Crippen molar-refractivity contribution in [1.29, 1.82) is 0 Å². The molecule has 29 heavy (non-hydrogen) atoms. The number of methoxy groups -OCH3 is 2. The molecule has 2 heterocycles. The maximum Gasteiger partial charge on any atom is 0.229 e. The summed E-state index contributed by atoms with van der Waals surface area (Å²) in [7, 11) is 3.15. The van der Waals surface area contributed by atoms with Crippen LogP contribution in [0.25, 0.3) is 11.0 Å². The van der Waals surface area contributed by atoms with Crippen molar-refractivity contribution >= 4 is 28.5 Å². The van der Waals surface area contributed by atoms with E-state index in [0.717, 1.165) is 16.6 Å². The highest BCUT2D eigenvalue weighted by molar-refractivity contribution is 5.98. The number of fused-ring (bicyclic) bond motifs is 1. The third-order valence-corrected chi connectivity index (χ3v) is 5.09. The maximum absolute atomic E-state index is 12.7. The molecule has 1 atom stereocenters. The first-order valence-electron chi connectivity index (χ1n) is 9.30. The molecule has 1 aromatic heterocycles. The van der Waals surface area contributed by atoms with Crippen LogP contribution in [-0.2, 0) is 16.1 Å². The second-order valence-electron chi connectivity index (χ2n) is 6.99. The summed E-state index contributed by atoms with van der Waals surface area (Å²) in [5.74, 6) is 0.659. The molecule has 2 amide bonds. The Balaban J connectivity index is 1.41. The number of aromatic amines is 1. The minimum atomic E-state index is -0.389. The Morgan fingerprint density at radius 3 is 2.83 bits per heavy atom. The number of carbonyl (C=O) groups is 2. The second kappa shape index (κ2) is 7.83. The van der Waals surface area contributed by atoms with Crippen molar-refractivity contribution in [2.75, 3.05) is 26.1 Å². The van der Waals surface area contributed by atoms with Crippen LogP contribution in [0.3, 0.4) is 0 Å². The first-order chi connectivity index (χ1) is 14.1. The average Bonchev–Trinajstić information content (AvgIpc) is 3.34. The molecule has 0 saturated carbocycles. The van der Waals surface area contributed by atoms with Crippen molar-refractivity contribution in [3.63, 3.8) is 0 Å². The summed E-state index contributed by atoms with van der Waals surface area (Å²) in [5.41, 5.74) is 3.28. The minimum absolute atomic E-state index is 0.0380. The van der Waals surface area contributed by atoms with E-state index in [2.05, 4.69) is 15.3 Å². The molecule has 150 valence electrons. The number of likely N-dealkylation sites (tertiary alicyclic amines) is 1. The zero-order valence-electron chi connectivity index (χ0n) is 16.3. The van der Waals surface area contributed by atoms with E-state index in [9.17, 15) is 9.59 Å². The maximum atomic E-state index is 12.7. The van der Waals surface area contributed by atoms with Crippen LogP contribution in [0.4, 0.5) is 5.69 Å². The van der Waals surface area contributed by atoms with E-state index < -0.39 is 0 Å². The van der Waals surface area contributed by atoms with Crippen LogP contribution >= 0.6 is 0 Å². The molecule has 1 aliphatic rings. The van der Waals surface area contributed by atoms with Crippen molar-refractivity contribution in [2.24, 2.45) is 5.92 Å². The SMILES string of the molecule is COc1ccc(CN2C[C@@H](C(=O)Nc3ccc4nc[nH]c4c3)CC2=O)cc1OC. The third-order valence-electron chi connectivity index (χ3n) is 5.09. The number of H-pyrrole nitrogens is 1. The summed E-state index contributed by atoms with van der Waals surface area (Å²) < 4.78 is 10.6. The number of benzene rings is 2. The van der Waals surface area contributed by atoms with Gasteiger partial charge in [-0.05, 0) is 35.9 Å². The van der Waals surface area contributed by atoms with Crippen molar-refractivity contribution < 1.29 is 19.1 Å². The van der Waals surface area contributed by atoms with Gasteiger partial charge in [0.25, 0.3) is 0 Å². The highest BCUT2D eigenvalue weighted by Gasteiger charge is 2.34. The second-order valence-corrected chi connectivity index (χ2v) is 6.99. The summed E-state index contributed by atoms with van der Waals surface area (Å²) in [6.07, 6.45) is 1.81. The van der Waals surface area contributed by atoms with E-state index in [1.165, 1.54) is 0 Å². The van der Waals surface area contributed by atoms with Gasteiger partial charge in [0.2, 0.25) is 11.8 Å². The number of carbonyl (C=O) groups excluding carboxylic acids is 2. The van der Waals surface area contributed by atoms with Crippen molar-refractivity contribution in [3.8, 4) is 11.5 Å². The average molecular weight is 394 g/mol. The topological polar surface area (TPSA) is 96.5 Å². The fourth-order valence-corrected chi connectivity index (χ4v) is 3.56. The number of nitrogens with zero attached hydrogens (tertiary/aromatic N) is 2. The van der Waals surface area contributed by atoms with Crippen molar-refractivity contribution in [2.45, 2.75) is 13.0 Å². The van der Waals surface area contributed by atoms with Crippen LogP contribution in [0, 0.1) is 5.92 Å². The summed E-state index contributed by atoms with van der Waals surface area (Å²) >= 11 is 0. The number of hydrogen-bond donors (Lipinski definition) is 2. The minimum Gasteiger partial charge on any atom is -0.493 e. The molecule has 8 heteroatoms. The molecule has 1 saturated heterocycles. The molecule has 1 aliphatic heterocycles. The zero-order chi connectivity index (χ0) is 20.4. The zero-order valence-corrected chi connectivity index (χ0v) is 16.3. The summed E-state index contributed by atoms with van der Waals surface area (Å²) in [6, 6.07) is 11.0. The molecular formula is C21H22N4O4. The number of imidazole rings is 1. The quantitative estimate of drug-likeness (QED) is 0.670. The Bertz CT molecular complexity index is 1060. The van der Waals surface area contributed by atoms with E-state index in [-0.39, 0.29) is 24.2 Å². The van der Waals surface area contributed by atoms with E-state index >= 15 is 0 Å². The summed E-state index contributed by atoms with van der Waals surface area (Å²) in [6.45, 7) is 0.800. The van der Waals surface area contributed by atoms with E-state index in [1.807, 2.05) is 30.3 Å². The van der Waals surface area contributed by atoms with Crippen LogP contribution in [-0.4, -0.2) is 47.4 Å². The molecule has 0 spiro atoms. The Morgan fingerprint density at radius 1 is 1.21 bits per heavy atom. The lowest BCUT2D eigenvalue weighted by molar-refractivity contribution is -0.128. The normalized spacial score (nSPS) is 16.3. The van der Waals surface area contributed by atoms with Crippen LogP contribution in [0.5, 0.6) is 11.5 Å². The van der Waals surface area contributed by atoms with Gasteiger partial charge in [-0.1, -0.05) is 6.07 Å². The fourth-order valence-electron chi connectivity index (χ4n) is 3.56. The van der Waals surface area contributed by atoms with Crippen molar-refractivity contribution in [1.82, 2.24) is 14.9 Å². The predicted molar refractivity (Wildman–Crippen MR) is 108 cm³/mol. The number of nitrogens with one attached hydrogen (secondary N) is 2. The van der Waals surface area contributed by atoms with Crippen LogP contribution < -0.4 is 14.8 Å². The monoisotopic (exact) mass is 394 g/mol. The predicted octanol–water partition coefficient (Wildman–Crippen LogP) is 2.57. The Morgan fingerprint density at radius 2 is 2.03 bits per heavy atom. The number of amides is 2. The number of anilines is 1. The van der Waals surface area contributed by atoms with Gasteiger partial charge in [-0.3, -0.25) is 9.59 Å². The van der Waals surface area contributed by atoms with Gasteiger partial charge in [0.15, 0.2) is 11.5 Å². The third kappa shape index (κ3) is 3.87. The Kier molecular flexibility index (Phi) is 5.07. The van der Waals surface area contributed by atoms with Gasteiger partial charge < -0.3 is 24.7 Å². The van der Waals surface area contributed by atoms with Gasteiger partial charge in [0.1, 0.15) is 0 Å². The number of hydrogen-bond acceptors (Lipinski definition) is 5. The molecule has 0 aliphatic carbocycles. The lowest BCUT2D eigenvalue weighted by Crippen LogP contribution is -2.28. The Hall–Kier alpha value is -3.55. The highest BCUT2D eigenvalue weighted by Crippen LogP contribution is 2.29. The molecule has 8 nitrogen and oxygen atoms in total. The van der Waals surface area contributed by atoms with Crippen molar-refractivity contribution in [3.05, 3.63) is 48.3 Å². The summed E-state index contributed by atoms with van der Waals surface area (Å²) in [5, 5.41) is 2.90. The van der Waals surface area contributed by atoms with Gasteiger partial charge in [0.05, 0.1) is 37.5 Å². The van der Waals surface area contributed by atoms with Gasteiger partial charge in [-0.2, -0.15) is 0 Å². The lowest BCUT2D eigenvalue weighted by Gasteiger charge is -2.18. The molecule has 3 aromatic rings. The van der Waals surface area contributed by atoms with Gasteiger partial charge in [-0.15, -0.1) is 0 Å². The molecule has 2 N–H and O–H groups in total. The smallest absolute Gasteiger partial charge is 0.229 e. The Labute approximate surface area is 167 Å². The number of ether oxygens (including phenoxy) is 2. The largest absolute Gasteiger partial charge is 0.493 e. The molecule has 0 bridgehead atoms. The molecule has 1 fully saturated rings. The first-order valence-corrected chi connectivity index (χ1v) is 9.30. The van der Waals surface area contributed by atoms with Gasteiger partial charge in [-0.25, -0.2) is 4.98 Å². The van der Waals surface area contributed by atoms with Crippen LogP contribution in [0.2, 0.25) is 0 Å². The van der Waals surface area contributed by atoms with Gasteiger partial charge in [0, 0.05) is 25.2 Å². The summed E-state index contributed by atoms with van der Waals surface area (Å²) in [4.78, 5) is 34.0. The van der Waals surface area contributed by atoms with Gasteiger partial charge >= 0.3 is 0 Å². The van der Waals surface area contributed by atoms with E-state index in [4.69, 9.17) is 9.47 Å². The van der Waals surface area contributed by atoms with E-state index in [1.54, 1.807) is 31.5 Å². The molecule has 0 radical (unpaired) electrons. The molecule has 0 unspecified atom stereocenters. The van der Waals surface area contributed by atoms with Crippen LogP contribution in [0.15, 0.2) is 42.7 Å². The highest BCUT2D eigenvalue weighted by atomic mass is 16.5. The standard InChI is InChI=1S/C21H22N4O4/c1-28-18-6-3-13(7-19(18)29-2)10-25-11-14(8-20(25)26)21(27)24-15-4-5-16-17(9-15)23-12-22-16/h3-7,9,12,14H,8,10-11H2,1-2H3,(H,22,23)(H,24,27)/t14-/m0/s1. The molecule has 4 rings (SSSR count). The lowest BCUT2D eigenvalue weighted by atomic mass is 10.1. The number of aromatic nitrogens is 2. The number of rotatable bonds is 6. The van der Waals surface area contributed by atoms with Crippen LogP contribution in [0.1, 0.15) is 12.0 Å². The van der Waals surface area contributed by atoms with E-state index in [0.29, 0.717) is 30.3 Å².